The molecule has 0 rings (SSSR count). The number of nitrogens with one attached hydrogen (secondary N) is 2. The Morgan fingerprint density at radius 2 is 1.25 bits per heavy atom. The highest BCUT2D eigenvalue weighted by Gasteiger charge is 1.78. The lowest BCUT2D eigenvalue weighted by Crippen LogP contribution is -1.82. The van der Waals surface area contributed by atoms with Crippen LogP contribution in [0.4, 0.5) is 0 Å². The highest BCUT2D eigenvalue weighted by Crippen LogP contribution is 1.77. The summed E-state index contributed by atoms with van der Waals surface area (Å²) in [5.41, 5.74) is 0. The minimum absolute atomic E-state index is 0.122. The van der Waals surface area contributed by atoms with Crippen LogP contribution in [0, 0.1) is 10.8 Å². The van der Waals surface area contributed by atoms with Gasteiger partial charge in [0, 0.05) is 0 Å². The van der Waals surface area contributed by atoms with E-state index in [-0.39, 0.29) is 11.7 Å². The molecule has 0 aliphatic heterocycles. The SMILES string of the molecule is CC(=N)/N=N/C(C)=N. The van der Waals surface area contributed by atoms with Gasteiger partial charge in [0.25, 0.3) is 0 Å². The van der Waals surface area contributed by atoms with Crippen LogP contribution in [0.2, 0.25) is 0 Å². The van der Waals surface area contributed by atoms with Gasteiger partial charge in [-0.05, 0) is 13.8 Å². The van der Waals surface area contributed by atoms with Crippen molar-refractivity contribution in [2.45, 2.75) is 13.8 Å². The topological polar surface area (TPSA) is 72.4 Å². The van der Waals surface area contributed by atoms with Crippen molar-refractivity contribution in [1.29, 1.82) is 10.8 Å². The second-order valence-electron chi connectivity index (χ2n) is 1.37. The lowest BCUT2D eigenvalue weighted by molar-refractivity contribution is 1.23. The van der Waals surface area contributed by atoms with Crippen LogP contribution < -0.4 is 0 Å². The molecule has 0 aliphatic carbocycles. The van der Waals surface area contributed by atoms with Crippen molar-refractivity contribution in [1.82, 2.24) is 0 Å². The molecule has 0 aromatic heterocycles. The average Bonchev–Trinajstić information content (AvgIpc) is 1.61. The smallest absolute Gasteiger partial charge is 0.140 e. The lowest BCUT2D eigenvalue weighted by Gasteiger charge is -1.80. The van der Waals surface area contributed by atoms with Crippen LogP contribution in [0.25, 0.3) is 0 Å². The van der Waals surface area contributed by atoms with Crippen molar-refractivity contribution < 1.29 is 0 Å². The monoisotopic (exact) mass is 112 g/mol. The van der Waals surface area contributed by atoms with E-state index in [1.165, 1.54) is 13.8 Å². The molecule has 0 fully saturated rings. The maximum atomic E-state index is 6.73. The fourth-order valence-corrected chi connectivity index (χ4v) is 0.150. The van der Waals surface area contributed by atoms with Gasteiger partial charge in [0.05, 0.1) is 0 Å². The number of amidine groups is 2. The number of nitrogens with zero attached hydrogens (tertiary/aromatic N) is 2. The van der Waals surface area contributed by atoms with Crippen LogP contribution in [0.3, 0.4) is 0 Å². The van der Waals surface area contributed by atoms with E-state index in [9.17, 15) is 0 Å². The Hall–Kier alpha value is -1.06. The molecular weight excluding hydrogens is 104 g/mol. The van der Waals surface area contributed by atoms with E-state index < -0.39 is 0 Å². The summed E-state index contributed by atoms with van der Waals surface area (Å²) in [7, 11) is 0. The highest BCUT2D eigenvalue weighted by molar-refractivity contribution is 5.81. The summed E-state index contributed by atoms with van der Waals surface area (Å²) >= 11 is 0. The average molecular weight is 112 g/mol. The Morgan fingerprint density at radius 1 is 1.00 bits per heavy atom. The second kappa shape index (κ2) is 3.01. The number of rotatable bonds is 0. The molecule has 0 unspecified atom stereocenters. The standard InChI is InChI=1S/C4H8N4/c1-3(5)7-8-4(2)6/h5-6H,1-2H3/b5-3?,6-4?,8-7+. The van der Waals surface area contributed by atoms with E-state index in [4.69, 9.17) is 10.8 Å². The summed E-state index contributed by atoms with van der Waals surface area (Å²) < 4.78 is 0. The molecule has 0 spiro atoms. The predicted octanol–water partition coefficient (Wildman–Crippen LogP) is 1.43. The van der Waals surface area contributed by atoms with Crippen LogP contribution >= 0.6 is 0 Å². The Morgan fingerprint density at radius 3 is 1.38 bits per heavy atom. The van der Waals surface area contributed by atoms with E-state index >= 15 is 0 Å². The van der Waals surface area contributed by atoms with Crippen molar-refractivity contribution in [3.8, 4) is 0 Å². The van der Waals surface area contributed by atoms with Crippen LogP contribution in [0.15, 0.2) is 10.2 Å². The third kappa shape index (κ3) is 4.94. The maximum Gasteiger partial charge on any atom is 0.140 e. The zero-order valence-electron chi connectivity index (χ0n) is 4.89. The largest absolute Gasteiger partial charge is 0.285 e. The molecule has 0 heterocycles. The maximum absolute atomic E-state index is 6.73. The van der Waals surface area contributed by atoms with Gasteiger partial charge in [0.15, 0.2) is 0 Å². The van der Waals surface area contributed by atoms with Crippen molar-refractivity contribution in [3.63, 3.8) is 0 Å². The summed E-state index contributed by atoms with van der Waals surface area (Å²) in [5.74, 6) is 0.244. The molecule has 0 radical (unpaired) electrons. The molecule has 44 valence electrons. The number of azo groups is 1. The van der Waals surface area contributed by atoms with Gasteiger partial charge in [-0.2, -0.15) is 0 Å². The normalized spacial score (nSPS) is 9.75. The Bertz CT molecular complexity index is 119. The predicted molar refractivity (Wildman–Crippen MR) is 31.7 cm³/mol. The summed E-state index contributed by atoms with van der Waals surface area (Å²) in [5, 5.41) is 20.1. The fourth-order valence-electron chi connectivity index (χ4n) is 0.150. The molecule has 2 N–H and O–H groups in total. The van der Waals surface area contributed by atoms with Gasteiger partial charge in [-0.3, -0.25) is 10.8 Å². The van der Waals surface area contributed by atoms with Gasteiger partial charge in [0.1, 0.15) is 11.7 Å². The first-order valence-electron chi connectivity index (χ1n) is 2.15. The quantitative estimate of drug-likeness (QED) is 0.270. The van der Waals surface area contributed by atoms with Crippen molar-refractivity contribution >= 4 is 11.7 Å². The highest BCUT2D eigenvalue weighted by atomic mass is 15.1. The molecule has 0 amide bonds. The van der Waals surface area contributed by atoms with Crippen molar-refractivity contribution in [3.05, 3.63) is 0 Å². The molecule has 0 aromatic rings. The zero-order valence-corrected chi connectivity index (χ0v) is 4.89. The summed E-state index contributed by atoms with van der Waals surface area (Å²) in [6, 6.07) is 0. The van der Waals surface area contributed by atoms with Gasteiger partial charge in [0.2, 0.25) is 0 Å². The third-order valence-corrected chi connectivity index (χ3v) is 0.350. The molecular formula is C4H8N4. The summed E-state index contributed by atoms with van der Waals surface area (Å²) in [6.07, 6.45) is 0. The molecule has 0 bridgehead atoms. The van der Waals surface area contributed by atoms with E-state index in [2.05, 4.69) is 10.2 Å². The first kappa shape index (κ1) is 6.94. The lowest BCUT2D eigenvalue weighted by atomic mass is 10.7. The minimum Gasteiger partial charge on any atom is -0.285 e. The van der Waals surface area contributed by atoms with Crippen LogP contribution in [0.1, 0.15) is 13.8 Å². The van der Waals surface area contributed by atoms with Crippen LogP contribution in [0.5, 0.6) is 0 Å². The van der Waals surface area contributed by atoms with Gasteiger partial charge >= 0.3 is 0 Å². The Labute approximate surface area is 47.7 Å². The number of hydrogen-bond acceptors (Lipinski definition) is 2. The molecule has 0 aliphatic rings. The molecule has 4 heteroatoms. The summed E-state index contributed by atoms with van der Waals surface area (Å²) in [6.45, 7) is 3.01. The minimum atomic E-state index is 0.122. The van der Waals surface area contributed by atoms with Gasteiger partial charge in [-0.1, -0.05) is 0 Å². The van der Waals surface area contributed by atoms with Gasteiger partial charge in [-0.25, -0.2) is 0 Å². The van der Waals surface area contributed by atoms with Crippen molar-refractivity contribution in [2.75, 3.05) is 0 Å². The Balaban J connectivity index is 3.67. The molecule has 0 aromatic carbocycles. The van der Waals surface area contributed by atoms with E-state index in [0.717, 1.165) is 0 Å². The van der Waals surface area contributed by atoms with E-state index in [1.807, 2.05) is 0 Å². The van der Waals surface area contributed by atoms with E-state index in [0.29, 0.717) is 0 Å². The zero-order chi connectivity index (χ0) is 6.57. The molecule has 0 saturated carbocycles. The molecule has 4 nitrogen and oxygen atoms in total. The molecule has 8 heavy (non-hydrogen) atoms. The van der Waals surface area contributed by atoms with Crippen molar-refractivity contribution in [2.24, 2.45) is 10.2 Å². The second-order valence-corrected chi connectivity index (χ2v) is 1.37. The summed E-state index contributed by atoms with van der Waals surface area (Å²) in [4.78, 5) is 0. The Kier molecular flexibility index (Phi) is 2.61. The third-order valence-electron chi connectivity index (χ3n) is 0.350. The first-order chi connectivity index (χ1) is 3.63. The van der Waals surface area contributed by atoms with Gasteiger partial charge in [-0.15, -0.1) is 10.2 Å². The number of hydrogen-bond donors (Lipinski definition) is 2. The first-order valence-corrected chi connectivity index (χ1v) is 2.15. The fraction of sp³-hybridized carbons (Fsp3) is 0.500. The van der Waals surface area contributed by atoms with Gasteiger partial charge < -0.3 is 0 Å². The van der Waals surface area contributed by atoms with E-state index in [1.54, 1.807) is 0 Å². The molecule has 0 atom stereocenters. The molecule has 0 saturated heterocycles. The van der Waals surface area contributed by atoms with Crippen LogP contribution in [-0.2, 0) is 0 Å². The van der Waals surface area contributed by atoms with Crippen LogP contribution in [-0.4, -0.2) is 11.7 Å².